The van der Waals surface area contributed by atoms with E-state index in [1.165, 1.54) is 19.4 Å². The second kappa shape index (κ2) is 7.13. The summed E-state index contributed by atoms with van der Waals surface area (Å²) in [5.41, 5.74) is 0.716. The van der Waals surface area contributed by atoms with E-state index in [2.05, 4.69) is 32.9 Å². The van der Waals surface area contributed by atoms with Gasteiger partial charge in [0.25, 0.3) is 5.91 Å². The lowest BCUT2D eigenvalue weighted by atomic mass is 10.0. The van der Waals surface area contributed by atoms with Gasteiger partial charge >= 0.3 is 0 Å². The molecule has 20 heavy (non-hydrogen) atoms. The summed E-state index contributed by atoms with van der Waals surface area (Å²) in [4.78, 5) is 17.3. The minimum Gasteiger partial charge on any atom is -0.356 e. The van der Waals surface area contributed by atoms with Crippen molar-refractivity contribution in [1.29, 1.82) is 0 Å². The molecular weight excluding hydrogens is 389 g/mol. The van der Waals surface area contributed by atoms with Crippen LogP contribution in [0.4, 0.5) is 0 Å². The van der Waals surface area contributed by atoms with Gasteiger partial charge in [-0.15, -0.1) is 12.4 Å². The van der Waals surface area contributed by atoms with Gasteiger partial charge < -0.3 is 15.2 Å². The number of rotatable bonds is 4. The molecule has 2 fully saturated rings. The molecule has 2 N–H and O–H groups in total. The summed E-state index contributed by atoms with van der Waals surface area (Å²) in [6, 6.07) is 2.52. The first-order chi connectivity index (χ1) is 9.22. The molecule has 0 aromatic carbocycles. The van der Waals surface area contributed by atoms with Crippen LogP contribution < -0.4 is 5.32 Å². The highest BCUT2D eigenvalue weighted by Gasteiger charge is 2.26. The Balaban J connectivity index is 0.00000147. The fraction of sp³-hybridized carbons (Fsp3) is 0.643. The molecule has 0 bridgehead atoms. The van der Waals surface area contributed by atoms with Crippen LogP contribution >= 0.6 is 35.0 Å². The van der Waals surface area contributed by atoms with Crippen molar-refractivity contribution in [1.82, 2.24) is 15.2 Å². The zero-order valence-corrected chi connectivity index (χ0v) is 14.4. The lowest BCUT2D eigenvalue weighted by Crippen LogP contribution is -2.45. The molecule has 1 aliphatic heterocycles. The molecule has 6 heteroatoms. The van der Waals surface area contributed by atoms with Gasteiger partial charge in [0.05, 0.1) is 0 Å². The number of likely N-dealkylation sites (tertiary alicyclic amines) is 1. The van der Waals surface area contributed by atoms with Crippen LogP contribution in [0.1, 0.15) is 36.2 Å². The molecule has 4 nitrogen and oxygen atoms in total. The van der Waals surface area contributed by atoms with E-state index in [0.717, 1.165) is 35.4 Å². The molecule has 1 amide bonds. The van der Waals surface area contributed by atoms with E-state index in [9.17, 15) is 4.79 Å². The fourth-order valence-corrected chi connectivity index (χ4v) is 3.07. The van der Waals surface area contributed by atoms with Crippen LogP contribution in [-0.2, 0) is 0 Å². The molecule has 1 aromatic heterocycles. The third-order valence-electron chi connectivity index (χ3n) is 4.05. The summed E-state index contributed by atoms with van der Waals surface area (Å²) in [6.45, 7) is 2.92. The Kier molecular flexibility index (Phi) is 5.74. The van der Waals surface area contributed by atoms with E-state index < -0.39 is 0 Å². The monoisotopic (exact) mass is 409 g/mol. The number of hydrogen-bond donors (Lipinski definition) is 2. The highest BCUT2D eigenvalue weighted by Crippen LogP contribution is 2.28. The molecule has 2 heterocycles. The van der Waals surface area contributed by atoms with E-state index in [1.54, 1.807) is 0 Å². The first-order valence-corrected chi connectivity index (χ1v) is 8.17. The molecule has 2 aliphatic rings. The third-order valence-corrected chi connectivity index (χ3v) is 4.68. The minimum atomic E-state index is 0. The third kappa shape index (κ3) is 4.11. The lowest BCUT2D eigenvalue weighted by molar-refractivity contribution is 0.0699. The number of hydrogen-bond acceptors (Lipinski definition) is 2. The second-order valence-corrected chi connectivity index (χ2v) is 6.90. The van der Waals surface area contributed by atoms with E-state index >= 15 is 0 Å². The number of amides is 1. The van der Waals surface area contributed by atoms with Gasteiger partial charge in [-0.1, -0.05) is 0 Å². The average Bonchev–Trinajstić information content (AvgIpc) is 3.17. The van der Waals surface area contributed by atoms with Crippen LogP contribution in [0.2, 0.25) is 0 Å². The second-order valence-electron chi connectivity index (χ2n) is 5.65. The first kappa shape index (κ1) is 16.1. The quantitative estimate of drug-likeness (QED) is 0.751. The molecule has 1 aromatic rings. The SMILES string of the molecule is Cl.O=C(c1cc(I)c[nH]1)N1CCC(NCC2CC2)CC1. The predicted molar refractivity (Wildman–Crippen MR) is 90.4 cm³/mol. The van der Waals surface area contributed by atoms with Gasteiger partial charge in [-0.25, -0.2) is 0 Å². The van der Waals surface area contributed by atoms with Crippen molar-refractivity contribution in [2.24, 2.45) is 5.92 Å². The van der Waals surface area contributed by atoms with Crippen LogP contribution in [0, 0.1) is 9.49 Å². The number of nitrogens with one attached hydrogen (secondary N) is 2. The maximum atomic E-state index is 12.3. The molecule has 0 unspecified atom stereocenters. The van der Waals surface area contributed by atoms with E-state index in [-0.39, 0.29) is 18.3 Å². The molecule has 0 radical (unpaired) electrons. The number of halogens is 2. The van der Waals surface area contributed by atoms with Gasteiger partial charge in [0.2, 0.25) is 0 Å². The number of carbonyl (C=O) groups is 1. The molecule has 112 valence electrons. The number of H-pyrrole nitrogens is 1. The standard InChI is InChI=1S/C14H20IN3O.ClH/c15-11-7-13(17-9-11)14(19)18-5-3-12(4-6-18)16-8-10-1-2-10;/h7,9-10,12,16-17H,1-6,8H2;1H. The van der Waals surface area contributed by atoms with Crippen molar-refractivity contribution in [3.05, 3.63) is 21.5 Å². The zero-order chi connectivity index (χ0) is 13.2. The fourth-order valence-electron chi connectivity index (χ4n) is 2.60. The van der Waals surface area contributed by atoms with Crippen LogP contribution in [0.3, 0.4) is 0 Å². The maximum Gasteiger partial charge on any atom is 0.270 e. The van der Waals surface area contributed by atoms with Crippen molar-refractivity contribution < 1.29 is 4.79 Å². The van der Waals surface area contributed by atoms with Crippen molar-refractivity contribution in [2.75, 3.05) is 19.6 Å². The van der Waals surface area contributed by atoms with Crippen molar-refractivity contribution in [2.45, 2.75) is 31.7 Å². The van der Waals surface area contributed by atoms with E-state index in [1.807, 2.05) is 17.2 Å². The highest BCUT2D eigenvalue weighted by molar-refractivity contribution is 14.1. The number of piperidine rings is 1. The van der Waals surface area contributed by atoms with Crippen LogP contribution in [0.5, 0.6) is 0 Å². The van der Waals surface area contributed by atoms with Gasteiger partial charge in [0.15, 0.2) is 0 Å². The maximum absolute atomic E-state index is 12.3. The predicted octanol–water partition coefficient (Wildman–Crippen LogP) is 2.65. The summed E-state index contributed by atoms with van der Waals surface area (Å²) < 4.78 is 1.09. The van der Waals surface area contributed by atoms with Gasteiger partial charge in [-0.3, -0.25) is 4.79 Å². The van der Waals surface area contributed by atoms with Crippen LogP contribution in [-0.4, -0.2) is 41.5 Å². The van der Waals surface area contributed by atoms with E-state index in [4.69, 9.17) is 0 Å². The Morgan fingerprint density at radius 3 is 2.60 bits per heavy atom. The highest BCUT2D eigenvalue weighted by atomic mass is 127. The van der Waals surface area contributed by atoms with Crippen molar-refractivity contribution >= 4 is 40.9 Å². The van der Waals surface area contributed by atoms with Gasteiger partial charge in [0.1, 0.15) is 5.69 Å². The summed E-state index contributed by atoms with van der Waals surface area (Å²) in [5.74, 6) is 1.07. The first-order valence-electron chi connectivity index (χ1n) is 7.09. The Labute approximate surface area is 139 Å². The van der Waals surface area contributed by atoms with Crippen molar-refractivity contribution in [3.8, 4) is 0 Å². The summed E-state index contributed by atoms with van der Waals surface area (Å²) >= 11 is 2.22. The minimum absolute atomic E-state index is 0. The Hall–Kier alpha value is -0.270. The topological polar surface area (TPSA) is 48.1 Å². The Morgan fingerprint density at radius 2 is 2.05 bits per heavy atom. The Bertz CT molecular complexity index is 453. The smallest absolute Gasteiger partial charge is 0.270 e. The summed E-state index contributed by atoms with van der Waals surface area (Å²) in [6.07, 6.45) is 6.83. The average molecular weight is 410 g/mol. The molecular formula is C14H21ClIN3O. The number of aromatic amines is 1. The largest absolute Gasteiger partial charge is 0.356 e. The molecule has 0 atom stereocenters. The van der Waals surface area contributed by atoms with Crippen LogP contribution in [0.15, 0.2) is 12.3 Å². The summed E-state index contributed by atoms with van der Waals surface area (Å²) in [7, 11) is 0. The number of nitrogens with zero attached hydrogens (tertiary/aromatic N) is 1. The van der Waals surface area contributed by atoms with Gasteiger partial charge in [-0.2, -0.15) is 0 Å². The van der Waals surface area contributed by atoms with Gasteiger partial charge in [-0.05, 0) is 66.8 Å². The molecule has 1 saturated heterocycles. The zero-order valence-electron chi connectivity index (χ0n) is 11.4. The normalized spacial score (nSPS) is 19.8. The van der Waals surface area contributed by atoms with E-state index in [0.29, 0.717) is 11.7 Å². The number of aromatic nitrogens is 1. The van der Waals surface area contributed by atoms with Crippen molar-refractivity contribution in [3.63, 3.8) is 0 Å². The molecule has 1 saturated carbocycles. The number of carbonyl (C=O) groups excluding carboxylic acids is 1. The lowest BCUT2D eigenvalue weighted by Gasteiger charge is -2.32. The molecule has 1 aliphatic carbocycles. The summed E-state index contributed by atoms with van der Waals surface area (Å²) in [5, 5.41) is 3.64. The Morgan fingerprint density at radius 1 is 1.35 bits per heavy atom. The molecule has 3 rings (SSSR count). The molecule has 0 spiro atoms. The van der Waals surface area contributed by atoms with Crippen LogP contribution in [0.25, 0.3) is 0 Å². The van der Waals surface area contributed by atoms with Gasteiger partial charge in [0, 0.05) is 28.9 Å².